The SMILES string of the molecule is CC(C)C(=O)O[C@H]1[C@H](C)OC(=O)[C@@H](NC(=O)c2cc(O)cnc2O)COC(=O)[C@@H]1Cc1ccccc1. The van der Waals surface area contributed by atoms with Gasteiger partial charge in [0, 0.05) is 0 Å². The third-order valence-corrected chi connectivity index (χ3v) is 5.57. The molecule has 0 saturated carbocycles. The summed E-state index contributed by atoms with van der Waals surface area (Å²) in [5.41, 5.74) is 0.382. The smallest absolute Gasteiger partial charge is 0.332 e. The Morgan fingerprint density at radius 2 is 1.86 bits per heavy atom. The van der Waals surface area contributed by atoms with E-state index in [2.05, 4.69) is 10.3 Å². The molecule has 3 N–H and O–H groups in total. The van der Waals surface area contributed by atoms with Crippen molar-refractivity contribution >= 4 is 23.8 Å². The lowest BCUT2D eigenvalue weighted by molar-refractivity contribution is -0.176. The number of amides is 1. The van der Waals surface area contributed by atoms with Crippen molar-refractivity contribution in [1.82, 2.24) is 10.3 Å². The molecule has 0 aliphatic carbocycles. The van der Waals surface area contributed by atoms with Crippen LogP contribution in [0.4, 0.5) is 0 Å². The van der Waals surface area contributed by atoms with Crippen molar-refractivity contribution < 1.29 is 43.6 Å². The van der Waals surface area contributed by atoms with Crippen LogP contribution in [0.15, 0.2) is 42.6 Å². The molecule has 0 spiro atoms. The summed E-state index contributed by atoms with van der Waals surface area (Å²) < 4.78 is 16.5. The number of ether oxygens (including phenoxy) is 3. The molecule has 11 nitrogen and oxygen atoms in total. The second-order valence-corrected chi connectivity index (χ2v) is 8.72. The van der Waals surface area contributed by atoms with Gasteiger partial charge in [-0.05, 0) is 25.0 Å². The molecule has 1 fully saturated rings. The lowest BCUT2D eigenvalue weighted by Gasteiger charge is -2.29. The van der Waals surface area contributed by atoms with Gasteiger partial charge in [-0.1, -0.05) is 44.2 Å². The number of aromatic nitrogens is 1. The number of carbonyl (C=O) groups is 4. The van der Waals surface area contributed by atoms with Gasteiger partial charge in [0.15, 0.2) is 12.1 Å². The molecule has 1 aromatic carbocycles. The highest BCUT2D eigenvalue weighted by Crippen LogP contribution is 2.25. The summed E-state index contributed by atoms with van der Waals surface area (Å²) in [6, 6.07) is 8.54. The Bertz CT molecular complexity index is 1120. The number of nitrogens with zero attached hydrogens (tertiary/aromatic N) is 1. The minimum atomic E-state index is -1.44. The molecule has 1 aliphatic rings. The Kier molecular flexibility index (Phi) is 8.46. The van der Waals surface area contributed by atoms with Gasteiger partial charge < -0.3 is 29.7 Å². The van der Waals surface area contributed by atoms with Crippen LogP contribution in [0, 0.1) is 11.8 Å². The Balaban J connectivity index is 1.87. The van der Waals surface area contributed by atoms with Crippen molar-refractivity contribution in [3.63, 3.8) is 0 Å². The van der Waals surface area contributed by atoms with E-state index in [1.165, 1.54) is 6.92 Å². The maximum Gasteiger partial charge on any atom is 0.332 e. The van der Waals surface area contributed by atoms with Crippen LogP contribution < -0.4 is 5.32 Å². The maximum atomic E-state index is 13.2. The molecule has 1 aliphatic heterocycles. The molecular weight excluding hydrogens is 472 g/mol. The Hall–Kier alpha value is -4.15. The predicted molar refractivity (Wildman–Crippen MR) is 124 cm³/mol. The largest absolute Gasteiger partial charge is 0.506 e. The van der Waals surface area contributed by atoms with Crippen LogP contribution in [-0.4, -0.2) is 63.9 Å². The van der Waals surface area contributed by atoms with Crippen molar-refractivity contribution in [3.8, 4) is 11.6 Å². The van der Waals surface area contributed by atoms with Crippen molar-refractivity contribution in [2.24, 2.45) is 11.8 Å². The van der Waals surface area contributed by atoms with E-state index in [4.69, 9.17) is 14.2 Å². The van der Waals surface area contributed by atoms with Crippen LogP contribution in [0.2, 0.25) is 0 Å². The Morgan fingerprint density at radius 1 is 1.17 bits per heavy atom. The molecule has 11 heteroatoms. The third-order valence-electron chi connectivity index (χ3n) is 5.57. The second-order valence-electron chi connectivity index (χ2n) is 8.72. The average molecular weight is 501 g/mol. The highest BCUT2D eigenvalue weighted by atomic mass is 16.6. The zero-order chi connectivity index (χ0) is 26.4. The Labute approximate surface area is 207 Å². The van der Waals surface area contributed by atoms with Crippen LogP contribution in [0.3, 0.4) is 0 Å². The Morgan fingerprint density at radius 3 is 2.53 bits per heavy atom. The number of aromatic hydroxyl groups is 2. The van der Waals surface area contributed by atoms with Crippen LogP contribution >= 0.6 is 0 Å². The number of nitrogens with one attached hydrogen (secondary N) is 1. The standard InChI is InChI=1S/C25H28N2O9/c1-13(2)23(31)36-20-14(3)35-25(33)19(27-22(30)18-10-16(28)11-26-21(18)29)12-34-24(32)17(20)9-15-7-5-4-6-8-15/h4-8,10-11,13-14,17,19-20,28H,9,12H2,1-3H3,(H,26,29)(H,27,30)/t14-,17+,19-,20-/m0/s1. The molecule has 4 atom stereocenters. The second kappa shape index (κ2) is 11.5. The fourth-order valence-corrected chi connectivity index (χ4v) is 3.60. The van der Waals surface area contributed by atoms with Gasteiger partial charge >= 0.3 is 17.9 Å². The van der Waals surface area contributed by atoms with Gasteiger partial charge in [-0.3, -0.25) is 14.4 Å². The average Bonchev–Trinajstić information content (AvgIpc) is 2.87. The molecule has 2 heterocycles. The molecule has 1 amide bonds. The van der Waals surface area contributed by atoms with Crippen molar-refractivity contribution in [3.05, 3.63) is 53.7 Å². The van der Waals surface area contributed by atoms with Gasteiger partial charge in [0.2, 0.25) is 5.88 Å². The number of carbonyl (C=O) groups excluding carboxylic acids is 4. The first-order valence-corrected chi connectivity index (χ1v) is 11.4. The maximum absolute atomic E-state index is 13.2. The summed E-state index contributed by atoms with van der Waals surface area (Å²) in [6.07, 6.45) is -1.12. The summed E-state index contributed by atoms with van der Waals surface area (Å²) in [6.45, 7) is 4.18. The van der Waals surface area contributed by atoms with Crippen LogP contribution in [0.1, 0.15) is 36.7 Å². The lowest BCUT2D eigenvalue weighted by Crippen LogP contribution is -2.46. The summed E-state index contributed by atoms with van der Waals surface area (Å²) in [5.74, 6) is -5.76. The zero-order valence-corrected chi connectivity index (χ0v) is 20.0. The van der Waals surface area contributed by atoms with Crippen LogP contribution in [0.25, 0.3) is 0 Å². The van der Waals surface area contributed by atoms with Crippen LogP contribution in [-0.2, 0) is 35.0 Å². The predicted octanol–water partition coefficient (Wildman–Crippen LogP) is 1.51. The molecule has 192 valence electrons. The van der Waals surface area contributed by atoms with Gasteiger partial charge in [0.05, 0.1) is 12.1 Å². The monoisotopic (exact) mass is 500 g/mol. The van der Waals surface area contributed by atoms with Crippen molar-refractivity contribution in [2.75, 3.05) is 6.61 Å². The fourth-order valence-electron chi connectivity index (χ4n) is 3.60. The van der Waals surface area contributed by atoms with E-state index in [0.29, 0.717) is 0 Å². The van der Waals surface area contributed by atoms with E-state index in [-0.39, 0.29) is 12.2 Å². The molecule has 0 unspecified atom stereocenters. The van der Waals surface area contributed by atoms with Crippen molar-refractivity contribution in [2.45, 2.75) is 45.4 Å². The number of benzene rings is 1. The van der Waals surface area contributed by atoms with E-state index in [1.54, 1.807) is 38.1 Å². The van der Waals surface area contributed by atoms with E-state index in [1.807, 2.05) is 6.07 Å². The molecule has 3 rings (SSSR count). The summed E-state index contributed by atoms with van der Waals surface area (Å²) in [4.78, 5) is 54.6. The lowest BCUT2D eigenvalue weighted by atomic mass is 9.91. The van der Waals surface area contributed by atoms with Gasteiger partial charge in [0.25, 0.3) is 5.91 Å². The highest BCUT2D eigenvalue weighted by Gasteiger charge is 2.42. The quantitative estimate of drug-likeness (QED) is 0.391. The number of cyclic esters (lactones) is 2. The molecule has 2 aromatic rings. The van der Waals surface area contributed by atoms with Gasteiger partial charge in [-0.2, -0.15) is 0 Å². The first-order chi connectivity index (χ1) is 17.1. The van der Waals surface area contributed by atoms with Crippen LogP contribution in [0.5, 0.6) is 11.6 Å². The van der Waals surface area contributed by atoms with E-state index in [0.717, 1.165) is 17.8 Å². The van der Waals surface area contributed by atoms with E-state index < -0.39 is 72.0 Å². The van der Waals surface area contributed by atoms with E-state index in [9.17, 15) is 29.4 Å². The normalized spacial score (nSPS) is 22.4. The number of rotatable bonds is 6. The van der Waals surface area contributed by atoms with Gasteiger partial charge in [0.1, 0.15) is 29.9 Å². The number of pyridine rings is 1. The minimum Gasteiger partial charge on any atom is -0.506 e. The first kappa shape index (κ1) is 26.5. The van der Waals surface area contributed by atoms with E-state index >= 15 is 0 Å². The number of hydrogen-bond acceptors (Lipinski definition) is 10. The van der Waals surface area contributed by atoms with Gasteiger partial charge in [-0.25, -0.2) is 9.78 Å². The molecule has 1 saturated heterocycles. The summed E-state index contributed by atoms with van der Waals surface area (Å²) >= 11 is 0. The minimum absolute atomic E-state index is 0.150. The molecular formula is C25H28N2O9. The third kappa shape index (κ3) is 6.49. The first-order valence-electron chi connectivity index (χ1n) is 11.4. The number of hydrogen-bond donors (Lipinski definition) is 3. The number of esters is 3. The molecule has 1 aromatic heterocycles. The molecule has 0 radical (unpaired) electrons. The molecule has 36 heavy (non-hydrogen) atoms. The summed E-state index contributed by atoms with van der Waals surface area (Å²) in [7, 11) is 0. The molecule has 0 bridgehead atoms. The zero-order valence-electron chi connectivity index (χ0n) is 20.0. The highest BCUT2D eigenvalue weighted by molar-refractivity contribution is 5.99. The summed E-state index contributed by atoms with van der Waals surface area (Å²) in [5, 5.41) is 21.7. The van der Waals surface area contributed by atoms with Gasteiger partial charge in [-0.15, -0.1) is 0 Å². The fraction of sp³-hybridized carbons (Fsp3) is 0.400. The van der Waals surface area contributed by atoms with Crippen molar-refractivity contribution in [1.29, 1.82) is 0 Å². The topological polar surface area (TPSA) is 161 Å².